The number of hydrogen-bond donors (Lipinski definition) is 2. The molecule has 2 N–H and O–H groups in total. The molecule has 1 saturated heterocycles. The summed E-state index contributed by atoms with van der Waals surface area (Å²) in [6.07, 6.45) is 3.11. The SMILES string of the molecule is Cn1cc(NC(=O)c2ccc3cnc(N=C4CCCCNC4)nn23)c(C(F)F)n1. The summed E-state index contributed by atoms with van der Waals surface area (Å²) in [5.74, 6) is -0.329. The van der Waals surface area contributed by atoms with Crippen molar-refractivity contribution < 1.29 is 13.6 Å². The monoisotopic (exact) mass is 402 g/mol. The number of rotatable bonds is 4. The standard InChI is InChI=1S/C18H20F2N8O/c1-27-10-13(15(25-27)16(19)20)24-17(29)14-6-5-12-9-22-18(26-28(12)14)23-11-4-2-3-7-21-8-11/h5-6,9-10,16,21H,2-4,7-8H2,1H3,(H,24,29). The van der Waals surface area contributed by atoms with E-state index in [0.717, 1.165) is 31.5 Å². The minimum absolute atomic E-state index is 0.0403. The second-order valence-electron chi connectivity index (χ2n) is 6.78. The molecule has 0 saturated carbocycles. The highest BCUT2D eigenvalue weighted by Gasteiger charge is 2.21. The number of aliphatic imine (C=N–C) groups is 1. The van der Waals surface area contributed by atoms with Crippen LogP contribution in [0.4, 0.5) is 20.4 Å². The third-order valence-corrected chi connectivity index (χ3v) is 4.59. The molecular formula is C18H20F2N8O. The quantitative estimate of drug-likeness (QED) is 0.698. The van der Waals surface area contributed by atoms with Crippen LogP contribution in [0.2, 0.25) is 0 Å². The van der Waals surface area contributed by atoms with Crippen LogP contribution in [0, 0.1) is 0 Å². The van der Waals surface area contributed by atoms with Crippen molar-refractivity contribution in [3.8, 4) is 0 Å². The van der Waals surface area contributed by atoms with E-state index in [0.29, 0.717) is 12.1 Å². The van der Waals surface area contributed by atoms with Gasteiger partial charge in [-0.3, -0.25) is 9.48 Å². The van der Waals surface area contributed by atoms with Crippen LogP contribution in [0.1, 0.15) is 41.9 Å². The predicted molar refractivity (Wildman–Crippen MR) is 103 cm³/mol. The van der Waals surface area contributed by atoms with E-state index in [2.05, 4.69) is 30.8 Å². The number of nitrogens with zero attached hydrogens (tertiary/aromatic N) is 6. The molecule has 4 rings (SSSR count). The summed E-state index contributed by atoms with van der Waals surface area (Å²) in [4.78, 5) is 21.4. The van der Waals surface area contributed by atoms with Crippen LogP contribution in [0.5, 0.6) is 0 Å². The Morgan fingerprint density at radius 1 is 1.31 bits per heavy atom. The van der Waals surface area contributed by atoms with Gasteiger partial charge in [0.2, 0.25) is 0 Å². The average molecular weight is 402 g/mol. The highest BCUT2D eigenvalue weighted by atomic mass is 19.3. The molecule has 29 heavy (non-hydrogen) atoms. The molecule has 4 heterocycles. The highest BCUT2D eigenvalue weighted by molar-refractivity contribution is 6.04. The summed E-state index contributed by atoms with van der Waals surface area (Å²) in [6.45, 7) is 1.63. The third kappa shape index (κ3) is 4.14. The summed E-state index contributed by atoms with van der Waals surface area (Å²) in [7, 11) is 1.51. The zero-order chi connectivity index (χ0) is 20.4. The molecule has 9 nitrogen and oxygen atoms in total. The van der Waals surface area contributed by atoms with E-state index < -0.39 is 18.0 Å². The van der Waals surface area contributed by atoms with Gasteiger partial charge in [0.15, 0.2) is 5.69 Å². The van der Waals surface area contributed by atoms with Gasteiger partial charge in [0.05, 0.1) is 17.4 Å². The van der Waals surface area contributed by atoms with Gasteiger partial charge in [0.1, 0.15) is 5.69 Å². The number of hydrogen-bond acceptors (Lipinski definition) is 6. The lowest BCUT2D eigenvalue weighted by molar-refractivity contribution is 0.101. The molecule has 1 aliphatic heterocycles. The zero-order valence-corrected chi connectivity index (χ0v) is 15.8. The Kier molecular flexibility index (Phi) is 5.30. The molecule has 0 unspecified atom stereocenters. The number of alkyl halides is 2. The molecule has 1 aliphatic rings. The maximum absolute atomic E-state index is 13.1. The number of amides is 1. The Bertz CT molecular complexity index is 1060. The summed E-state index contributed by atoms with van der Waals surface area (Å²) < 4.78 is 28.9. The highest BCUT2D eigenvalue weighted by Crippen LogP contribution is 2.25. The minimum atomic E-state index is -2.80. The van der Waals surface area contributed by atoms with Crippen molar-refractivity contribution in [1.82, 2.24) is 29.7 Å². The van der Waals surface area contributed by atoms with Crippen LogP contribution in [0.3, 0.4) is 0 Å². The molecule has 0 aliphatic carbocycles. The van der Waals surface area contributed by atoms with Crippen molar-refractivity contribution in [2.75, 3.05) is 18.4 Å². The topological polar surface area (TPSA) is 102 Å². The van der Waals surface area contributed by atoms with Crippen molar-refractivity contribution in [3.63, 3.8) is 0 Å². The molecule has 3 aromatic rings. The molecule has 3 aromatic heterocycles. The first-order valence-corrected chi connectivity index (χ1v) is 9.26. The number of anilines is 1. The van der Waals surface area contributed by atoms with Crippen molar-refractivity contribution in [2.45, 2.75) is 25.7 Å². The van der Waals surface area contributed by atoms with Crippen molar-refractivity contribution in [3.05, 3.63) is 35.9 Å². The van der Waals surface area contributed by atoms with Gasteiger partial charge in [-0.15, -0.1) is 5.10 Å². The van der Waals surface area contributed by atoms with Gasteiger partial charge in [0, 0.05) is 25.5 Å². The van der Waals surface area contributed by atoms with Crippen LogP contribution < -0.4 is 10.6 Å². The number of carbonyl (C=O) groups is 1. The molecule has 1 amide bonds. The normalized spacial score (nSPS) is 16.5. The second-order valence-corrected chi connectivity index (χ2v) is 6.78. The third-order valence-electron chi connectivity index (χ3n) is 4.59. The summed E-state index contributed by atoms with van der Waals surface area (Å²) in [6, 6.07) is 3.23. The molecule has 0 aromatic carbocycles. The summed E-state index contributed by atoms with van der Waals surface area (Å²) in [5, 5.41) is 13.8. The number of halogens is 2. The Hall–Kier alpha value is -3.21. The number of aryl methyl sites for hydroxylation is 1. The Morgan fingerprint density at radius 3 is 3.00 bits per heavy atom. The van der Waals surface area contributed by atoms with Crippen molar-refractivity contribution in [1.29, 1.82) is 0 Å². The predicted octanol–water partition coefficient (Wildman–Crippen LogP) is 2.50. The second kappa shape index (κ2) is 8.03. The van der Waals surface area contributed by atoms with E-state index in [-0.39, 0.29) is 17.3 Å². The van der Waals surface area contributed by atoms with Crippen LogP contribution in [0.25, 0.3) is 5.52 Å². The molecule has 1 fully saturated rings. The van der Waals surface area contributed by atoms with Gasteiger partial charge >= 0.3 is 0 Å². The van der Waals surface area contributed by atoms with Crippen LogP contribution >= 0.6 is 0 Å². The maximum atomic E-state index is 13.1. The van der Waals surface area contributed by atoms with E-state index in [1.807, 2.05) is 0 Å². The first kappa shape index (κ1) is 19.1. The maximum Gasteiger partial charge on any atom is 0.284 e. The van der Waals surface area contributed by atoms with E-state index in [1.165, 1.54) is 22.4 Å². The van der Waals surface area contributed by atoms with Gasteiger partial charge in [-0.2, -0.15) is 5.10 Å². The van der Waals surface area contributed by atoms with Crippen LogP contribution in [-0.2, 0) is 7.05 Å². The number of nitrogens with one attached hydrogen (secondary N) is 2. The lowest BCUT2D eigenvalue weighted by atomic mass is 10.2. The van der Waals surface area contributed by atoms with Crippen LogP contribution in [-0.4, -0.2) is 49.1 Å². The molecule has 0 radical (unpaired) electrons. The van der Waals surface area contributed by atoms with Crippen molar-refractivity contribution in [2.24, 2.45) is 12.0 Å². The molecular weight excluding hydrogens is 382 g/mol. The smallest absolute Gasteiger partial charge is 0.284 e. The fourth-order valence-electron chi connectivity index (χ4n) is 3.20. The first-order valence-electron chi connectivity index (χ1n) is 9.26. The molecule has 0 atom stereocenters. The minimum Gasteiger partial charge on any atom is -0.318 e. The zero-order valence-electron chi connectivity index (χ0n) is 15.8. The van der Waals surface area contributed by atoms with Gasteiger partial charge < -0.3 is 10.6 Å². The first-order chi connectivity index (χ1) is 14.0. The van der Waals surface area contributed by atoms with Gasteiger partial charge in [-0.25, -0.2) is 23.3 Å². The van der Waals surface area contributed by atoms with E-state index in [9.17, 15) is 13.6 Å². The van der Waals surface area contributed by atoms with E-state index >= 15 is 0 Å². The van der Waals surface area contributed by atoms with E-state index in [1.54, 1.807) is 18.3 Å². The lowest BCUT2D eigenvalue weighted by Crippen LogP contribution is -2.20. The van der Waals surface area contributed by atoms with Crippen molar-refractivity contribution >= 4 is 28.8 Å². The number of fused-ring (bicyclic) bond motifs is 1. The van der Waals surface area contributed by atoms with Gasteiger partial charge in [-0.1, -0.05) is 0 Å². The fourth-order valence-corrected chi connectivity index (χ4v) is 3.20. The summed E-state index contributed by atoms with van der Waals surface area (Å²) >= 11 is 0. The average Bonchev–Trinajstić information content (AvgIpc) is 3.17. The van der Waals surface area contributed by atoms with Gasteiger partial charge in [0.25, 0.3) is 18.3 Å². The lowest BCUT2D eigenvalue weighted by Gasteiger charge is -2.06. The fraction of sp³-hybridized carbons (Fsp3) is 0.389. The number of carbonyl (C=O) groups excluding carboxylic acids is 1. The molecule has 11 heteroatoms. The van der Waals surface area contributed by atoms with Crippen LogP contribution in [0.15, 0.2) is 29.5 Å². The Morgan fingerprint density at radius 2 is 2.17 bits per heavy atom. The summed E-state index contributed by atoms with van der Waals surface area (Å²) in [5.41, 5.74) is 1.22. The molecule has 152 valence electrons. The Balaban J connectivity index is 1.62. The Labute approximate surface area is 164 Å². The largest absolute Gasteiger partial charge is 0.318 e. The number of aromatic nitrogens is 5. The molecule has 0 spiro atoms. The van der Waals surface area contributed by atoms with E-state index in [4.69, 9.17) is 0 Å². The van der Waals surface area contributed by atoms with Gasteiger partial charge in [-0.05, 0) is 37.9 Å². The molecule has 0 bridgehead atoms.